The minimum atomic E-state index is -0.404. The number of rotatable bonds is 1. The zero-order chi connectivity index (χ0) is 11.9. The lowest BCUT2D eigenvalue weighted by Crippen LogP contribution is -2.19. The molecule has 0 fully saturated rings. The first-order chi connectivity index (χ1) is 7.56. The van der Waals surface area contributed by atoms with Gasteiger partial charge in [-0.3, -0.25) is 9.13 Å². The summed E-state index contributed by atoms with van der Waals surface area (Å²) in [5.41, 5.74) is 1.84. The summed E-state index contributed by atoms with van der Waals surface area (Å²) in [6.45, 7) is 0. The van der Waals surface area contributed by atoms with E-state index in [9.17, 15) is 9.59 Å². The average Bonchev–Trinajstić information content (AvgIpc) is 2.53. The van der Waals surface area contributed by atoms with E-state index in [0.29, 0.717) is 5.56 Å². The van der Waals surface area contributed by atoms with Crippen molar-refractivity contribution < 1.29 is 9.53 Å². The molecule has 5 heteroatoms. The highest BCUT2D eigenvalue weighted by atomic mass is 16.5. The van der Waals surface area contributed by atoms with Crippen molar-refractivity contribution in [2.45, 2.75) is 0 Å². The first-order valence-electron chi connectivity index (χ1n) is 4.80. The van der Waals surface area contributed by atoms with Gasteiger partial charge in [0.05, 0.1) is 23.7 Å². The summed E-state index contributed by atoms with van der Waals surface area (Å²) in [5, 5.41) is 0. The molecule has 0 bridgehead atoms. The third kappa shape index (κ3) is 1.32. The van der Waals surface area contributed by atoms with Crippen LogP contribution in [0.5, 0.6) is 0 Å². The van der Waals surface area contributed by atoms with E-state index < -0.39 is 5.97 Å². The van der Waals surface area contributed by atoms with Crippen molar-refractivity contribution >= 4 is 17.0 Å². The highest BCUT2D eigenvalue weighted by molar-refractivity contribution is 5.93. The third-order valence-corrected chi connectivity index (χ3v) is 2.69. The van der Waals surface area contributed by atoms with Crippen LogP contribution in [0.15, 0.2) is 23.0 Å². The van der Waals surface area contributed by atoms with Gasteiger partial charge in [-0.25, -0.2) is 9.59 Å². The second kappa shape index (κ2) is 3.52. The Morgan fingerprint density at radius 1 is 1.19 bits per heavy atom. The highest BCUT2D eigenvalue weighted by Crippen LogP contribution is 2.14. The summed E-state index contributed by atoms with van der Waals surface area (Å²) in [5.74, 6) is -0.404. The van der Waals surface area contributed by atoms with Gasteiger partial charge in [-0.2, -0.15) is 0 Å². The number of imidazole rings is 1. The molecule has 0 aliphatic rings. The fourth-order valence-electron chi connectivity index (χ4n) is 1.75. The number of fused-ring (bicyclic) bond motifs is 1. The van der Waals surface area contributed by atoms with Crippen molar-refractivity contribution in [2.75, 3.05) is 7.11 Å². The van der Waals surface area contributed by atoms with E-state index in [2.05, 4.69) is 4.74 Å². The topological polar surface area (TPSA) is 53.2 Å². The molecule has 0 amide bonds. The van der Waals surface area contributed by atoms with Gasteiger partial charge in [0.25, 0.3) is 0 Å². The standard InChI is InChI=1S/C11H12N2O3/c1-12-8-5-4-7(10(14)16-3)6-9(8)13(2)11(12)15/h4-6H,1-3H3. The predicted octanol–water partition coefficient (Wildman–Crippen LogP) is 0.664. The number of benzene rings is 1. The summed E-state index contributed by atoms with van der Waals surface area (Å²) < 4.78 is 7.67. The molecule has 84 valence electrons. The Balaban J connectivity index is 2.76. The van der Waals surface area contributed by atoms with Crippen LogP contribution < -0.4 is 5.69 Å². The smallest absolute Gasteiger partial charge is 0.337 e. The maximum Gasteiger partial charge on any atom is 0.337 e. The summed E-state index contributed by atoms with van der Waals surface area (Å²) in [4.78, 5) is 23.0. The van der Waals surface area contributed by atoms with Crippen molar-refractivity contribution in [3.05, 3.63) is 34.2 Å². The minimum absolute atomic E-state index is 0.114. The van der Waals surface area contributed by atoms with Gasteiger partial charge in [0, 0.05) is 14.1 Å². The van der Waals surface area contributed by atoms with Crippen LogP contribution in [0.1, 0.15) is 10.4 Å². The van der Waals surface area contributed by atoms with Crippen molar-refractivity contribution in [3.8, 4) is 0 Å². The van der Waals surface area contributed by atoms with Crippen LogP contribution in [-0.2, 0) is 18.8 Å². The number of carbonyl (C=O) groups excluding carboxylic acids is 1. The van der Waals surface area contributed by atoms with Crippen LogP contribution in [0.4, 0.5) is 0 Å². The van der Waals surface area contributed by atoms with E-state index in [1.165, 1.54) is 16.2 Å². The molecule has 0 atom stereocenters. The Bertz CT molecular complexity index is 622. The molecule has 1 heterocycles. The molecule has 2 aromatic rings. The number of nitrogens with zero attached hydrogens (tertiary/aromatic N) is 2. The van der Waals surface area contributed by atoms with E-state index in [0.717, 1.165) is 11.0 Å². The van der Waals surface area contributed by atoms with Crippen LogP contribution in [0.2, 0.25) is 0 Å². The number of hydrogen-bond donors (Lipinski definition) is 0. The third-order valence-electron chi connectivity index (χ3n) is 2.69. The minimum Gasteiger partial charge on any atom is -0.465 e. The van der Waals surface area contributed by atoms with Gasteiger partial charge in [0.1, 0.15) is 0 Å². The number of carbonyl (C=O) groups is 1. The molecular formula is C11H12N2O3. The van der Waals surface area contributed by atoms with Crippen LogP contribution in [0, 0.1) is 0 Å². The summed E-state index contributed by atoms with van der Waals surface area (Å²) in [7, 11) is 4.70. The molecule has 0 aliphatic carbocycles. The molecule has 1 aromatic heterocycles. The summed E-state index contributed by atoms with van der Waals surface area (Å²) >= 11 is 0. The molecule has 1 aromatic carbocycles. The summed E-state index contributed by atoms with van der Waals surface area (Å²) in [6, 6.07) is 5.04. The number of aromatic nitrogens is 2. The monoisotopic (exact) mass is 220 g/mol. The Morgan fingerprint density at radius 2 is 1.81 bits per heavy atom. The molecule has 5 nitrogen and oxygen atoms in total. The molecule has 0 unspecified atom stereocenters. The van der Waals surface area contributed by atoms with E-state index in [1.54, 1.807) is 32.3 Å². The SMILES string of the molecule is COC(=O)c1ccc2c(c1)n(C)c(=O)n2C. The molecule has 0 radical (unpaired) electrons. The Kier molecular flexibility index (Phi) is 2.30. The average molecular weight is 220 g/mol. The number of methoxy groups -OCH3 is 1. The van der Waals surface area contributed by atoms with Crippen LogP contribution in [0.3, 0.4) is 0 Å². The van der Waals surface area contributed by atoms with E-state index in [-0.39, 0.29) is 5.69 Å². The Morgan fingerprint density at radius 3 is 2.44 bits per heavy atom. The van der Waals surface area contributed by atoms with Crippen LogP contribution in [0.25, 0.3) is 11.0 Å². The van der Waals surface area contributed by atoms with Crippen molar-refractivity contribution in [1.82, 2.24) is 9.13 Å². The predicted molar refractivity (Wildman–Crippen MR) is 59.5 cm³/mol. The Hall–Kier alpha value is -2.04. The van der Waals surface area contributed by atoms with Gasteiger partial charge in [-0.05, 0) is 18.2 Å². The van der Waals surface area contributed by atoms with Crippen LogP contribution in [-0.4, -0.2) is 22.2 Å². The molecule has 0 N–H and O–H groups in total. The van der Waals surface area contributed by atoms with Gasteiger partial charge in [0.2, 0.25) is 0 Å². The Labute approximate surface area is 91.9 Å². The zero-order valence-electron chi connectivity index (χ0n) is 9.35. The lowest BCUT2D eigenvalue weighted by Gasteiger charge is -2.00. The van der Waals surface area contributed by atoms with Crippen molar-refractivity contribution in [1.29, 1.82) is 0 Å². The normalized spacial score (nSPS) is 10.7. The molecule has 16 heavy (non-hydrogen) atoms. The number of hydrogen-bond acceptors (Lipinski definition) is 3. The van der Waals surface area contributed by atoms with Gasteiger partial charge in [-0.15, -0.1) is 0 Å². The second-order valence-electron chi connectivity index (χ2n) is 3.60. The highest BCUT2D eigenvalue weighted by Gasteiger charge is 2.11. The van der Waals surface area contributed by atoms with Crippen LogP contribution >= 0.6 is 0 Å². The van der Waals surface area contributed by atoms with Gasteiger partial charge < -0.3 is 4.74 Å². The maximum absolute atomic E-state index is 11.6. The molecule has 0 aliphatic heterocycles. The number of aryl methyl sites for hydroxylation is 2. The van der Waals surface area contributed by atoms with E-state index in [1.807, 2.05) is 0 Å². The van der Waals surface area contributed by atoms with Gasteiger partial charge in [-0.1, -0.05) is 0 Å². The maximum atomic E-state index is 11.6. The quantitative estimate of drug-likeness (QED) is 0.663. The van der Waals surface area contributed by atoms with Gasteiger partial charge >= 0.3 is 11.7 Å². The molecule has 2 rings (SSSR count). The fraction of sp³-hybridized carbons (Fsp3) is 0.273. The van der Waals surface area contributed by atoms with E-state index in [4.69, 9.17) is 0 Å². The largest absolute Gasteiger partial charge is 0.465 e. The first kappa shape index (κ1) is 10.5. The number of esters is 1. The second-order valence-corrected chi connectivity index (χ2v) is 3.60. The summed E-state index contributed by atoms with van der Waals surface area (Å²) in [6.07, 6.45) is 0. The molecule has 0 saturated heterocycles. The lowest BCUT2D eigenvalue weighted by atomic mass is 10.2. The van der Waals surface area contributed by atoms with Gasteiger partial charge in [0.15, 0.2) is 0 Å². The van der Waals surface area contributed by atoms with E-state index >= 15 is 0 Å². The van der Waals surface area contributed by atoms with Crippen molar-refractivity contribution in [2.24, 2.45) is 14.1 Å². The van der Waals surface area contributed by atoms with Crippen molar-refractivity contribution in [3.63, 3.8) is 0 Å². The zero-order valence-corrected chi connectivity index (χ0v) is 9.35. The first-order valence-corrected chi connectivity index (χ1v) is 4.80. The fourth-order valence-corrected chi connectivity index (χ4v) is 1.75. The molecule has 0 saturated carbocycles. The molecule has 0 spiro atoms. The lowest BCUT2D eigenvalue weighted by molar-refractivity contribution is 0.0601. The number of ether oxygens (including phenoxy) is 1. The molecular weight excluding hydrogens is 208 g/mol.